The molecule has 4 N–H and O–H groups in total. The number of nitrogen functional groups attached to an aromatic ring is 1. The first-order valence-corrected chi connectivity index (χ1v) is 4.84. The summed E-state index contributed by atoms with van der Waals surface area (Å²) >= 11 is 0. The minimum atomic E-state index is -0.487. The summed E-state index contributed by atoms with van der Waals surface area (Å²) in [6, 6.07) is 1.06. The van der Waals surface area contributed by atoms with Crippen LogP contribution in [0.15, 0.2) is 12.3 Å². The zero-order valence-electron chi connectivity index (χ0n) is 8.43. The fourth-order valence-electron chi connectivity index (χ4n) is 1.43. The molecule has 2 rings (SSSR count). The predicted molar refractivity (Wildman–Crippen MR) is 56.2 cm³/mol. The predicted octanol–water partition coefficient (Wildman–Crippen LogP) is -0.724. The van der Waals surface area contributed by atoms with Crippen molar-refractivity contribution in [2.24, 2.45) is 0 Å². The molecule has 1 fully saturated rings. The van der Waals surface area contributed by atoms with Crippen LogP contribution in [0, 0.1) is 0 Å². The van der Waals surface area contributed by atoms with Gasteiger partial charge in [-0.05, 0) is 12.5 Å². The molecule has 1 aromatic heterocycles. The average molecular weight is 221 g/mol. The molecule has 0 bridgehead atoms. The van der Waals surface area contributed by atoms with Crippen molar-refractivity contribution in [3.05, 3.63) is 12.3 Å². The normalized spacial score (nSPS) is 20.4. The van der Waals surface area contributed by atoms with Gasteiger partial charge in [-0.3, -0.25) is 14.9 Å². The van der Waals surface area contributed by atoms with Gasteiger partial charge in [0.2, 0.25) is 17.8 Å². The van der Waals surface area contributed by atoms with E-state index in [-0.39, 0.29) is 17.8 Å². The van der Waals surface area contributed by atoms with Crippen molar-refractivity contribution < 1.29 is 9.59 Å². The molecule has 2 amide bonds. The van der Waals surface area contributed by atoms with Crippen molar-refractivity contribution in [3.63, 3.8) is 0 Å². The first-order valence-electron chi connectivity index (χ1n) is 4.84. The van der Waals surface area contributed by atoms with Crippen LogP contribution in [-0.2, 0) is 9.59 Å². The molecule has 1 aromatic rings. The van der Waals surface area contributed by atoms with Crippen molar-refractivity contribution in [1.29, 1.82) is 0 Å². The van der Waals surface area contributed by atoms with Crippen molar-refractivity contribution in [3.8, 4) is 0 Å². The second kappa shape index (κ2) is 4.13. The highest BCUT2D eigenvalue weighted by molar-refractivity contribution is 6.01. The third kappa shape index (κ3) is 2.25. The molecule has 7 heteroatoms. The van der Waals surface area contributed by atoms with Crippen LogP contribution >= 0.6 is 0 Å². The first-order chi connectivity index (χ1) is 7.65. The highest BCUT2D eigenvalue weighted by atomic mass is 16.2. The minimum Gasteiger partial charge on any atom is -0.384 e. The van der Waals surface area contributed by atoms with Gasteiger partial charge in [-0.15, -0.1) is 0 Å². The molecular weight excluding hydrogens is 210 g/mol. The van der Waals surface area contributed by atoms with Gasteiger partial charge >= 0.3 is 0 Å². The summed E-state index contributed by atoms with van der Waals surface area (Å²) in [4.78, 5) is 30.2. The maximum absolute atomic E-state index is 11.4. The number of piperidine rings is 1. The number of hydrogen-bond acceptors (Lipinski definition) is 6. The maximum Gasteiger partial charge on any atom is 0.249 e. The zero-order chi connectivity index (χ0) is 11.5. The van der Waals surface area contributed by atoms with Crippen LogP contribution in [0.5, 0.6) is 0 Å². The lowest BCUT2D eigenvalue weighted by molar-refractivity contribution is -0.133. The van der Waals surface area contributed by atoms with Gasteiger partial charge in [0.15, 0.2) is 0 Å². The Kier molecular flexibility index (Phi) is 2.67. The summed E-state index contributed by atoms with van der Waals surface area (Å²) in [5.41, 5.74) is 5.47. The van der Waals surface area contributed by atoms with Gasteiger partial charge in [-0.2, -0.15) is 4.98 Å². The van der Waals surface area contributed by atoms with E-state index in [9.17, 15) is 9.59 Å². The molecule has 1 atom stereocenters. The first kappa shape index (κ1) is 10.3. The number of hydrogen-bond donors (Lipinski definition) is 3. The summed E-state index contributed by atoms with van der Waals surface area (Å²) in [5, 5.41) is 5.06. The molecule has 0 radical (unpaired) electrons. The zero-order valence-corrected chi connectivity index (χ0v) is 8.43. The Morgan fingerprint density at radius 3 is 3.00 bits per heavy atom. The number of imide groups is 1. The summed E-state index contributed by atoms with van der Waals surface area (Å²) in [6.45, 7) is 0. The lowest BCUT2D eigenvalue weighted by Gasteiger charge is -2.21. The molecule has 1 saturated heterocycles. The van der Waals surface area contributed by atoms with Gasteiger partial charge in [0.25, 0.3) is 0 Å². The Morgan fingerprint density at radius 2 is 2.31 bits per heavy atom. The monoisotopic (exact) mass is 221 g/mol. The van der Waals surface area contributed by atoms with Gasteiger partial charge in [-0.25, -0.2) is 4.98 Å². The topological polar surface area (TPSA) is 110 Å². The standard InChI is InChI=1S/C9H11N5O2/c10-6-3-4-11-9(13-6)12-5-1-2-7(15)14-8(5)16/h3-5H,1-2H2,(H,14,15,16)(H3,10,11,12,13). The fraction of sp³-hybridized carbons (Fsp3) is 0.333. The largest absolute Gasteiger partial charge is 0.384 e. The molecule has 1 aliphatic rings. The van der Waals surface area contributed by atoms with Crippen LogP contribution < -0.4 is 16.4 Å². The van der Waals surface area contributed by atoms with Crippen LogP contribution in [-0.4, -0.2) is 27.8 Å². The summed E-state index contributed by atoms with van der Waals surface area (Å²) in [5.74, 6) is -0.00175. The fourth-order valence-corrected chi connectivity index (χ4v) is 1.43. The molecule has 0 aliphatic carbocycles. The number of aromatic nitrogens is 2. The number of amides is 2. The van der Waals surface area contributed by atoms with Crippen LogP contribution in [0.1, 0.15) is 12.8 Å². The van der Waals surface area contributed by atoms with Gasteiger partial charge in [0.1, 0.15) is 11.9 Å². The summed E-state index contributed by atoms with van der Waals surface area (Å²) < 4.78 is 0. The van der Waals surface area contributed by atoms with Crippen molar-refractivity contribution in [1.82, 2.24) is 15.3 Å². The lowest BCUT2D eigenvalue weighted by atomic mass is 10.1. The number of nitrogens with one attached hydrogen (secondary N) is 2. The molecule has 84 valence electrons. The number of anilines is 2. The van der Waals surface area contributed by atoms with E-state index in [1.807, 2.05) is 0 Å². The SMILES string of the molecule is Nc1ccnc(NC2CCC(=O)NC2=O)n1. The second-order valence-electron chi connectivity index (χ2n) is 3.45. The minimum absolute atomic E-state index is 0.253. The Labute approximate surface area is 91.5 Å². The van der Waals surface area contributed by atoms with Crippen LogP contribution in [0.3, 0.4) is 0 Å². The highest BCUT2D eigenvalue weighted by Gasteiger charge is 2.26. The lowest BCUT2D eigenvalue weighted by Crippen LogP contribution is -2.47. The Bertz CT molecular complexity index is 434. The van der Waals surface area contributed by atoms with Gasteiger partial charge in [-0.1, -0.05) is 0 Å². The Morgan fingerprint density at radius 1 is 1.50 bits per heavy atom. The number of nitrogens with two attached hydrogens (primary N) is 1. The quantitative estimate of drug-likeness (QED) is 0.568. The van der Waals surface area contributed by atoms with E-state index in [1.54, 1.807) is 6.07 Å². The second-order valence-corrected chi connectivity index (χ2v) is 3.45. The van der Waals surface area contributed by atoms with E-state index in [1.165, 1.54) is 6.20 Å². The van der Waals surface area contributed by atoms with E-state index in [2.05, 4.69) is 20.6 Å². The van der Waals surface area contributed by atoms with Crippen LogP contribution in [0.4, 0.5) is 11.8 Å². The van der Waals surface area contributed by atoms with Crippen molar-refractivity contribution in [2.75, 3.05) is 11.1 Å². The molecule has 0 spiro atoms. The highest BCUT2D eigenvalue weighted by Crippen LogP contribution is 2.10. The van der Waals surface area contributed by atoms with E-state index in [0.29, 0.717) is 18.7 Å². The molecule has 0 aromatic carbocycles. The Balaban J connectivity index is 2.05. The van der Waals surface area contributed by atoms with E-state index in [4.69, 9.17) is 5.73 Å². The van der Waals surface area contributed by atoms with Gasteiger partial charge < -0.3 is 11.1 Å². The molecule has 16 heavy (non-hydrogen) atoms. The van der Waals surface area contributed by atoms with Crippen LogP contribution in [0.25, 0.3) is 0 Å². The van der Waals surface area contributed by atoms with Gasteiger partial charge in [0.05, 0.1) is 0 Å². The molecule has 1 unspecified atom stereocenters. The number of rotatable bonds is 2. The van der Waals surface area contributed by atoms with Gasteiger partial charge in [0, 0.05) is 12.6 Å². The van der Waals surface area contributed by atoms with E-state index < -0.39 is 6.04 Å². The molecule has 0 saturated carbocycles. The maximum atomic E-state index is 11.4. The number of carbonyl (C=O) groups is 2. The smallest absolute Gasteiger partial charge is 0.249 e. The molecular formula is C9H11N5O2. The molecule has 1 aliphatic heterocycles. The van der Waals surface area contributed by atoms with E-state index >= 15 is 0 Å². The van der Waals surface area contributed by atoms with E-state index in [0.717, 1.165) is 0 Å². The third-order valence-electron chi connectivity index (χ3n) is 2.22. The molecule has 2 heterocycles. The molecule has 7 nitrogen and oxygen atoms in total. The van der Waals surface area contributed by atoms with Crippen molar-refractivity contribution in [2.45, 2.75) is 18.9 Å². The summed E-state index contributed by atoms with van der Waals surface area (Å²) in [6.07, 6.45) is 2.24. The number of carbonyl (C=O) groups excluding carboxylic acids is 2. The average Bonchev–Trinajstić information content (AvgIpc) is 2.22. The van der Waals surface area contributed by atoms with Crippen molar-refractivity contribution >= 4 is 23.6 Å². The third-order valence-corrected chi connectivity index (χ3v) is 2.22. The Hall–Kier alpha value is -2.18. The summed E-state index contributed by atoms with van der Waals surface area (Å²) in [7, 11) is 0. The van der Waals surface area contributed by atoms with Crippen LogP contribution in [0.2, 0.25) is 0 Å². The number of nitrogens with zero attached hydrogens (tertiary/aromatic N) is 2.